The van der Waals surface area contributed by atoms with E-state index in [4.69, 9.17) is 4.74 Å². The molecule has 0 aliphatic carbocycles. The van der Waals surface area contributed by atoms with E-state index < -0.39 is 0 Å². The minimum atomic E-state index is -0.0825. The summed E-state index contributed by atoms with van der Waals surface area (Å²) in [4.78, 5) is 5.95. The minimum absolute atomic E-state index is 0.0825. The summed E-state index contributed by atoms with van der Waals surface area (Å²) in [7, 11) is 0. The van der Waals surface area contributed by atoms with E-state index >= 15 is 0 Å². The van der Waals surface area contributed by atoms with E-state index in [9.17, 15) is 0 Å². The zero-order valence-electron chi connectivity index (χ0n) is 13.2. The molecular weight excluding hydrogens is 256 g/mol. The van der Waals surface area contributed by atoms with Gasteiger partial charge in [0.2, 0.25) is 0 Å². The molecule has 0 saturated heterocycles. The van der Waals surface area contributed by atoms with Gasteiger partial charge in [0.05, 0.1) is 22.9 Å². The number of ether oxygens (including phenoxy) is 1. The van der Waals surface area contributed by atoms with Gasteiger partial charge in [-0.1, -0.05) is 6.92 Å². The fourth-order valence-electron chi connectivity index (χ4n) is 1.73. The van der Waals surface area contributed by atoms with Crippen molar-refractivity contribution >= 4 is 11.3 Å². The quantitative estimate of drug-likeness (QED) is 0.832. The molecule has 110 valence electrons. The summed E-state index contributed by atoms with van der Waals surface area (Å²) in [6.07, 6.45) is 2.09. The predicted molar refractivity (Wildman–Crippen MR) is 83.1 cm³/mol. The Balaban J connectivity index is 2.58. The lowest BCUT2D eigenvalue weighted by Crippen LogP contribution is -2.38. The van der Waals surface area contributed by atoms with E-state index in [1.54, 1.807) is 11.3 Å². The first-order valence-corrected chi connectivity index (χ1v) is 7.93. The molecule has 1 unspecified atom stereocenters. The summed E-state index contributed by atoms with van der Waals surface area (Å²) < 4.78 is 5.91. The molecule has 1 aromatic rings. The van der Waals surface area contributed by atoms with E-state index in [0.717, 1.165) is 31.7 Å². The van der Waals surface area contributed by atoms with Gasteiger partial charge >= 0.3 is 0 Å². The first-order valence-electron chi connectivity index (χ1n) is 7.12. The molecule has 0 saturated carbocycles. The van der Waals surface area contributed by atoms with Gasteiger partial charge in [-0.05, 0) is 47.6 Å². The number of aryl methyl sites for hydroxylation is 2. The fraction of sp³-hybridized carbons (Fsp3) is 0.800. The first kappa shape index (κ1) is 16.6. The molecule has 1 N–H and O–H groups in total. The van der Waals surface area contributed by atoms with Crippen molar-refractivity contribution in [2.45, 2.75) is 66.0 Å². The van der Waals surface area contributed by atoms with E-state index in [0.29, 0.717) is 6.04 Å². The van der Waals surface area contributed by atoms with Gasteiger partial charge in [-0.2, -0.15) is 0 Å². The number of hydrogen-bond acceptors (Lipinski definition) is 4. The molecule has 1 atom stereocenters. The van der Waals surface area contributed by atoms with Crippen molar-refractivity contribution in [3.63, 3.8) is 0 Å². The molecule has 0 aromatic carbocycles. The van der Waals surface area contributed by atoms with Crippen LogP contribution in [0.2, 0.25) is 0 Å². The Hall–Kier alpha value is -0.450. The SMILES string of the molecule is CCCNC(COC(C)(C)C)Cc1nc(C)c(C)s1. The molecule has 19 heavy (non-hydrogen) atoms. The molecule has 1 heterocycles. The Morgan fingerprint density at radius 3 is 2.47 bits per heavy atom. The van der Waals surface area contributed by atoms with Crippen LogP contribution >= 0.6 is 11.3 Å². The van der Waals surface area contributed by atoms with Crippen LogP contribution in [0.25, 0.3) is 0 Å². The molecule has 3 nitrogen and oxygen atoms in total. The molecule has 0 aliphatic heterocycles. The van der Waals surface area contributed by atoms with Crippen LogP contribution < -0.4 is 5.32 Å². The molecular formula is C15H28N2OS. The zero-order valence-corrected chi connectivity index (χ0v) is 14.0. The van der Waals surface area contributed by atoms with Crippen molar-refractivity contribution in [1.29, 1.82) is 0 Å². The van der Waals surface area contributed by atoms with Crippen LogP contribution in [0.15, 0.2) is 0 Å². The predicted octanol–water partition coefficient (Wildman–Crippen LogP) is 3.49. The Morgan fingerprint density at radius 1 is 1.32 bits per heavy atom. The number of nitrogens with zero attached hydrogens (tertiary/aromatic N) is 1. The molecule has 0 bridgehead atoms. The monoisotopic (exact) mass is 284 g/mol. The smallest absolute Gasteiger partial charge is 0.0947 e. The van der Waals surface area contributed by atoms with Gasteiger partial charge in [-0.25, -0.2) is 4.98 Å². The summed E-state index contributed by atoms with van der Waals surface area (Å²) in [6.45, 7) is 14.5. The third-order valence-corrected chi connectivity index (χ3v) is 3.99. The van der Waals surface area contributed by atoms with Crippen LogP contribution in [0.4, 0.5) is 0 Å². The summed E-state index contributed by atoms with van der Waals surface area (Å²) in [5.41, 5.74) is 1.08. The lowest BCUT2D eigenvalue weighted by atomic mass is 10.1. The highest BCUT2D eigenvalue weighted by Gasteiger charge is 2.17. The average molecular weight is 284 g/mol. The molecule has 0 spiro atoms. The summed E-state index contributed by atoms with van der Waals surface area (Å²) in [5, 5.41) is 4.77. The van der Waals surface area contributed by atoms with Gasteiger partial charge in [0.25, 0.3) is 0 Å². The van der Waals surface area contributed by atoms with E-state index in [-0.39, 0.29) is 5.60 Å². The Bertz CT molecular complexity index is 362. The van der Waals surface area contributed by atoms with Crippen LogP contribution in [0.1, 0.15) is 49.7 Å². The third-order valence-electron chi connectivity index (χ3n) is 2.89. The molecule has 0 radical (unpaired) electrons. The second-order valence-corrected chi connectivity index (χ2v) is 7.32. The van der Waals surface area contributed by atoms with Gasteiger partial charge in [-0.3, -0.25) is 0 Å². The second-order valence-electron chi connectivity index (χ2n) is 6.03. The summed E-state index contributed by atoms with van der Waals surface area (Å²) >= 11 is 1.80. The second kappa shape index (κ2) is 7.36. The fourth-order valence-corrected chi connectivity index (χ4v) is 2.74. The molecule has 1 aromatic heterocycles. The Kier molecular flexibility index (Phi) is 6.43. The van der Waals surface area contributed by atoms with Crippen molar-refractivity contribution < 1.29 is 4.74 Å². The van der Waals surface area contributed by atoms with Crippen molar-refractivity contribution in [3.05, 3.63) is 15.6 Å². The minimum Gasteiger partial charge on any atom is -0.374 e. The van der Waals surface area contributed by atoms with E-state index in [2.05, 4.69) is 51.8 Å². The third kappa shape index (κ3) is 6.50. The molecule has 0 fully saturated rings. The number of rotatable bonds is 7. The largest absolute Gasteiger partial charge is 0.374 e. The Morgan fingerprint density at radius 2 is 2.00 bits per heavy atom. The highest BCUT2D eigenvalue weighted by molar-refractivity contribution is 7.11. The topological polar surface area (TPSA) is 34.1 Å². The maximum atomic E-state index is 5.91. The standard InChI is InChI=1S/C15H28N2OS/c1-7-8-16-13(10-18-15(4,5)6)9-14-17-11(2)12(3)19-14/h13,16H,7-10H2,1-6H3. The normalized spacial score (nSPS) is 13.8. The van der Waals surface area contributed by atoms with Crippen molar-refractivity contribution in [3.8, 4) is 0 Å². The van der Waals surface area contributed by atoms with Gasteiger partial charge < -0.3 is 10.1 Å². The highest BCUT2D eigenvalue weighted by atomic mass is 32.1. The van der Waals surface area contributed by atoms with Crippen LogP contribution in [0.5, 0.6) is 0 Å². The average Bonchev–Trinajstić information content (AvgIpc) is 2.61. The number of thiazole rings is 1. The van der Waals surface area contributed by atoms with Gasteiger partial charge in [0.1, 0.15) is 0 Å². The zero-order chi connectivity index (χ0) is 14.5. The van der Waals surface area contributed by atoms with Crippen LogP contribution in [-0.4, -0.2) is 29.8 Å². The first-order chi connectivity index (χ1) is 8.81. The number of hydrogen-bond donors (Lipinski definition) is 1. The molecule has 0 amide bonds. The highest BCUT2D eigenvalue weighted by Crippen LogP contribution is 2.18. The van der Waals surface area contributed by atoms with Crippen LogP contribution in [0.3, 0.4) is 0 Å². The molecule has 0 aliphatic rings. The number of nitrogens with one attached hydrogen (secondary N) is 1. The Labute approximate surface area is 121 Å². The van der Waals surface area contributed by atoms with Gasteiger partial charge in [-0.15, -0.1) is 11.3 Å². The van der Waals surface area contributed by atoms with E-state index in [1.165, 1.54) is 9.88 Å². The lowest BCUT2D eigenvalue weighted by molar-refractivity contribution is -0.0143. The maximum absolute atomic E-state index is 5.91. The summed E-state index contributed by atoms with van der Waals surface area (Å²) in [5.74, 6) is 0. The van der Waals surface area contributed by atoms with Gasteiger partial charge in [0.15, 0.2) is 0 Å². The number of aromatic nitrogens is 1. The van der Waals surface area contributed by atoms with Crippen molar-refractivity contribution in [2.24, 2.45) is 0 Å². The van der Waals surface area contributed by atoms with E-state index in [1.807, 2.05) is 0 Å². The van der Waals surface area contributed by atoms with Gasteiger partial charge in [0, 0.05) is 17.3 Å². The molecule has 4 heteroatoms. The van der Waals surface area contributed by atoms with Crippen molar-refractivity contribution in [1.82, 2.24) is 10.3 Å². The van der Waals surface area contributed by atoms with Crippen LogP contribution in [-0.2, 0) is 11.2 Å². The maximum Gasteiger partial charge on any atom is 0.0947 e. The van der Waals surface area contributed by atoms with Crippen molar-refractivity contribution in [2.75, 3.05) is 13.2 Å². The molecule has 1 rings (SSSR count). The summed E-state index contributed by atoms with van der Waals surface area (Å²) in [6, 6.07) is 0.351. The lowest BCUT2D eigenvalue weighted by Gasteiger charge is -2.24. The van der Waals surface area contributed by atoms with Crippen LogP contribution in [0, 0.1) is 13.8 Å².